The minimum atomic E-state index is 0. The predicted octanol–water partition coefficient (Wildman–Crippen LogP) is 1.50. The van der Waals surface area contributed by atoms with Crippen molar-refractivity contribution in [1.29, 1.82) is 0 Å². The Balaban J connectivity index is 0.000000250. The van der Waals surface area contributed by atoms with Gasteiger partial charge >= 0.3 is 0 Å². The van der Waals surface area contributed by atoms with Crippen LogP contribution >= 0.6 is 0 Å². The molecular formula is C5H6Dy. The van der Waals surface area contributed by atoms with Gasteiger partial charge in [-0.1, -0.05) is 24.3 Å². The molecule has 1 heteroatoms. The number of rotatable bonds is 0. The first-order valence-corrected chi connectivity index (χ1v) is 1.82. The largest absolute Gasteiger partial charge is 0.0808 e. The molecule has 36 valence electrons. The number of hydrogen-bond acceptors (Lipinski definition) is 0. The third-order valence-corrected chi connectivity index (χ3v) is 0.655. The van der Waals surface area contributed by atoms with Gasteiger partial charge < -0.3 is 0 Å². The summed E-state index contributed by atoms with van der Waals surface area (Å²) in [5, 5.41) is 0. The van der Waals surface area contributed by atoms with E-state index in [1.54, 1.807) is 0 Å². The Kier molecular flexibility index (Phi) is 4.42. The molecule has 0 unspecified atom stereocenters. The van der Waals surface area contributed by atoms with E-state index in [1.807, 2.05) is 0 Å². The molecule has 0 aromatic carbocycles. The van der Waals surface area contributed by atoms with Crippen molar-refractivity contribution >= 4 is 0 Å². The van der Waals surface area contributed by atoms with Crippen LogP contribution in [0.4, 0.5) is 0 Å². The summed E-state index contributed by atoms with van der Waals surface area (Å²) in [5.41, 5.74) is 0. The van der Waals surface area contributed by atoms with Gasteiger partial charge in [0.1, 0.15) is 0 Å². The minimum absolute atomic E-state index is 0. The zero-order valence-electron chi connectivity index (χ0n) is 3.33. The first kappa shape index (κ1) is 6.75. The number of hydrogen-bond donors (Lipinski definition) is 0. The van der Waals surface area contributed by atoms with E-state index in [2.05, 4.69) is 24.3 Å². The summed E-state index contributed by atoms with van der Waals surface area (Å²) in [6.07, 6.45) is 9.50. The van der Waals surface area contributed by atoms with Crippen LogP contribution in [0.3, 0.4) is 0 Å². The van der Waals surface area contributed by atoms with E-state index in [1.165, 1.54) is 0 Å². The van der Waals surface area contributed by atoms with E-state index >= 15 is 0 Å². The monoisotopic (exact) mass is 230 g/mol. The van der Waals surface area contributed by atoms with E-state index in [4.69, 9.17) is 0 Å². The molecule has 1 aliphatic carbocycles. The van der Waals surface area contributed by atoms with Crippen LogP contribution in [0.25, 0.3) is 0 Å². The fraction of sp³-hybridized carbons (Fsp3) is 0.200. The van der Waals surface area contributed by atoms with E-state index in [9.17, 15) is 0 Å². The third-order valence-electron chi connectivity index (χ3n) is 0.655. The van der Waals surface area contributed by atoms with Gasteiger partial charge in [-0.25, -0.2) is 0 Å². The Morgan fingerprint density at radius 1 is 1.00 bits per heavy atom. The molecule has 0 N–H and O–H groups in total. The second kappa shape index (κ2) is 3.93. The Hall–Kier alpha value is 0.753. The average Bonchev–Trinajstić information content (AvgIpc) is 1.76. The minimum Gasteiger partial charge on any atom is -0.0808 e. The predicted molar refractivity (Wildman–Crippen MR) is 22.9 cm³/mol. The molecule has 0 spiro atoms. The molecule has 0 radical (unpaired) electrons. The van der Waals surface area contributed by atoms with Gasteiger partial charge in [0.15, 0.2) is 0 Å². The van der Waals surface area contributed by atoms with Crippen LogP contribution in [-0.4, -0.2) is 0 Å². The molecular weight excluding hydrogens is 223 g/mol. The van der Waals surface area contributed by atoms with Gasteiger partial charge in [0.25, 0.3) is 0 Å². The molecule has 0 amide bonds. The van der Waals surface area contributed by atoms with Crippen molar-refractivity contribution in [2.75, 3.05) is 0 Å². The maximum absolute atomic E-state index is 2.12. The van der Waals surface area contributed by atoms with E-state index in [-0.39, 0.29) is 38.2 Å². The first-order valence-electron chi connectivity index (χ1n) is 1.82. The van der Waals surface area contributed by atoms with Gasteiger partial charge in [-0.3, -0.25) is 0 Å². The molecule has 0 aromatic heterocycles. The van der Waals surface area contributed by atoms with E-state index in [0.717, 1.165) is 6.42 Å². The average molecular weight is 229 g/mol. The fourth-order valence-electron chi connectivity index (χ4n) is 0.393. The van der Waals surface area contributed by atoms with Crippen molar-refractivity contribution in [1.82, 2.24) is 0 Å². The standard InChI is InChI=1S/C5H6.Dy/c1-2-4-5-3-1;/h1-4H,5H2;. The molecule has 1 rings (SSSR count). The molecule has 0 bridgehead atoms. The zero-order valence-corrected chi connectivity index (χ0v) is 5.36. The number of allylic oxidation sites excluding steroid dienone is 4. The van der Waals surface area contributed by atoms with Gasteiger partial charge in [0, 0.05) is 38.2 Å². The van der Waals surface area contributed by atoms with Gasteiger partial charge in [-0.2, -0.15) is 0 Å². The summed E-state index contributed by atoms with van der Waals surface area (Å²) in [5.74, 6) is 0. The van der Waals surface area contributed by atoms with E-state index < -0.39 is 0 Å². The van der Waals surface area contributed by atoms with Gasteiger partial charge in [0.2, 0.25) is 0 Å². The Morgan fingerprint density at radius 3 is 1.67 bits per heavy atom. The molecule has 0 atom stereocenters. The molecule has 0 nitrogen and oxygen atoms in total. The van der Waals surface area contributed by atoms with Crippen molar-refractivity contribution in [3.05, 3.63) is 24.3 Å². The molecule has 0 saturated heterocycles. The SMILES string of the molecule is C1=CCC=C1.[Dy]. The zero-order chi connectivity index (χ0) is 3.54. The van der Waals surface area contributed by atoms with Crippen molar-refractivity contribution in [3.8, 4) is 0 Å². The van der Waals surface area contributed by atoms with Crippen LogP contribution in [-0.2, 0) is 0 Å². The normalized spacial score (nSPS) is 14.7. The smallest absolute Gasteiger partial charge is 0 e. The molecule has 1 aliphatic rings. The summed E-state index contributed by atoms with van der Waals surface area (Å²) < 4.78 is 0. The molecule has 6 heavy (non-hydrogen) atoms. The van der Waals surface area contributed by atoms with Crippen LogP contribution < -0.4 is 0 Å². The Labute approximate surface area is 68.3 Å². The topological polar surface area (TPSA) is 0 Å². The summed E-state index contributed by atoms with van der Waals surface area (Å²) in [6, 6.07) is 0. The first-order chi connectivity index (χ1) is 2.50. The van der Waals surface area contributed by atoms with Crippen LogP contribution in [0.1, 0.15) is 6.42 Å². The maximum Gasteiger partial charge on any atom is 0 e. The van der Waals surface area contributed by atoms with Crippen LogP contribution in [0, 0.1) is 38.2 Å². The second-order valence-electron chi connectivity index (χ2n) is 1.09. The van der Waals surface area contributed by atoms with Gasteiger partial charge in [0.05, 0.1) is 0 Å². The third kappa shape index (κ3) is 2.02. The van der Waals surface area contributed by atoms with Crippen molar-refractivity contribution in [2.45, 2.75) is 6.42 Å². The van der Waals surface area contributed by atoms with Crippen molar-refractivity contribution in [2.24, 2.45) is 0 Å². The molecule has 0 aliphatic heterocycles. The quantitative estimate of drug-likeness (QED) is 0.590. The van der Waals surface area contributed by atoms with Crippen molar-refractivity contribution in [3.63, 3.8) is 0 Å². The molecule has 0 aromatic rings. The summed E-state index contributed by atoms with van der Waals surface area (Å²) in [6.45, 7) is 0. The molecule has 0 fully saturated rings. The van der Waals surface area contributed by atoms with Crippen LogP contribution in [0.2, 0.25) is 0 Å². The van der Waals surface area contributed by atoms with E-state index in [0.29, 0.717) is 0 Å². The maximum atomic E-state index is 2.12. The summed E-state index contributed by atoms with van der Waals surface area (Å²) in [4.78, 5) is 0. The molecule has 0 saturated carbocycles. The van der Waals surface area contributed by atoms with Crippen molar-refractivity contribution < 1.29 is 38.2 Å². The van der Waals surface area contributed by atoms with Crippen LogP contribution in [0.15, 0.2) is 24.3 Å². The summed E-state index contributed by atoms with van der Waals surface area (Å²) >= 11 is 0. The fourth-order valence-corrected chi connectivity index (χ4v) is 0.393. The Morgan fingerprint density at radius 2 is 1.50 bits per heavy atom. The Bertz CT molecular complexity index is 62.0. The van der Waals surface area contributed by atoms with Crippen LogP contribution in [0.5, 0.6) is 0 Å². The summed E-state index contributed by atoms with van der Waals surface area (Å²) in [7, 11) is 0. The van der Waals surface area contributed by atoms with Gasteiger partial charge in [-0.05, 0) is 6.42 Å². The molecule has 0 heterocycles. The second-order valence-corrected chi connectivity index (χ2v) is 1.09. The van der Waals surface area contributed by atoms with Gasteiger partial charge in [-0.15, -0.1) is 0 Å².